The molecule has 1 aliphatic rings. The van der Waals surface area contributed by atoms with Crippen molar-refractivity contribution in [2.45, 2.75) is 39.7 Å². The van der Waals surface area contributed by atoms with Gasteiger partial charge in [-0.2, -0.15) is 5.10 Å². The third-order valence-electron chi connectivity index (χ3n) is 4.02. The van der Waals surface area contributed by atoms with E-state index in [1.807, 2.05) is 18.7 Å². The first-order valence-electron chi connectivity index (χ1n) is 7.11. The van der Waals surface area contributed by atoms with Crippen LogP contribution in [0.1, 0.15) is 37.9 Å². The molecule has 1 fully saturated rings. The Morgan fingerprint density at radius 3 is 2.75 bits per heavy atom. The van der Waals surface area contributed by atoms with E-state index in [1.165, 1.54) is 12.5 Å². The number of carbonyl (C=O) groups is 1. The molecule has 1 saturated heterocycles. The summed E-state index contributed by atoms with van der Waals surface area (Å²) in [6, 6.07) is 0.456. The Labute approximate surface area is 119 Å². The third kappa shape index (κ3) is 2.86. The molecule has 5 heteroatoms. The number of aliphatic carboxylic acids is 1. The van der Waals surface area contributed by atoms with E-state index in [1.54, 1.807) is 6.08 Å². The van der Waals surface area contributed by atoms with Gasteiger partial charge in [0.2, 0.25) is 0 Å². The van der Waals surface area contributed by atoms with Crippen molar-refractivity contribution in [1.82, 2.24) is 9.78 Å². The minimum Gasteiger partial charge on any atom is -0.478 e. The second kappa shape index (κ2) is 5.69. The Morgan fingerprint density at radius 1 is 1.40 bits per heavy atom. The van der Waals surface area contributed by atoms with Gasteiger partial charge in [0.25, 0.3) is 0 Å². The number of nitrogens with zero attached hydrogens (tertiary/aromatic N) is 3. The van der Waals surface area contributed by atoms with Crippen LogP contribution >= 0.6 is 0 Å². The molecule has 1 aromatic heterocycles. The molecule has 20 heavy (non-hydrogen) atoms. The van der Waals surface area contributed by atoms with E-state index in [-0.39, 0.29) is 0 Å². The summed E-state index contributed by atoms with van der Waals surface area (Å²) < 4.78 is 1.87. The Balaban J connectivity index is 2.41. The quantitative estimate of drug-likeness (QED) is 0.862. The summed E-state index contributed by atoms with van der Waals surface area (Å²) in [5.41, 5.74) is 1.78. The van der Waals surface area contributed by atoms with Crippen LogP contribution < -0.4 is 4.90 Å². The van der Waals surface area contributed by atoms with Crippen molar-refractivity contribution in [3.05, 3.63) is 17.3 Å². The SMILES string of the molecule is Cc1nn(C)c(N2CC(C)CCC2C)c1C=CC(=O)O. The number of piperidine rings is 1. The molecule has 110 valence electrons. The van der Waals surface area contributed by atoms with Gasteiger partial charge in [-0.25, -0.2) is 4.79 Å². The molecule has 0 saturated carbocycles. The molecule has 2 rings (SSSR count). The Morgan fingerprint density at radius 2 is 2.10 bits per heavy atom. The Bertz CT molecular complexity index is 533. The van der Waals surface area contributed by atoms with Gasteiger partial charge in [-0.15, -0.1) is 0 Å². The van der Waals surface area contributed by atoms with Gasteiger partial charge < -0.3 is 10.0 Å². The monoisotopic (exact) mass is 277 g/mol. The van der Waals surface area contributed by atoms with Crippen LogP contribution in [0.4, 0.5) is 5.82 Å². The highest BCUT2D eigenvalue weighted by molar-refractivity contribution is 5.87. The van der Waals surface area contributed by atoms with Crippen molar-refractivity contribution < 1.29 is 9.90 Å². The first-order valence-corrected chi connectivity index (χ1v) is 7.11. The van der Waals surface area contributed by atoms with Crippen LogP contribution in [-0.2, 0) is 11.8 Å². The molecule has 2 atom stereocenters. The molecule has 1 N–H and O–H groups in total. The minimum atomic E-state index is -0.931. The van der Waals surface area contributed by atoms with Gasteiger partial charge in [0.05, 0.1) is 5.69 Å². The number of carboxylic acids is 1. The second-order valence-corrected chi connectivity index (χ2v) is 5.80. The molecular weight excluding hydrogens is 254 g/mol. The topological polar surface area (TPSA) is 58.4 Å². The van der Waals surface area contributed by atoms with Crippen LogP contribution in [0.15, 0.2) is 6.08 Å². The zero-order valence-corrected chi connectivity index (χ0v) is 12.6. The van der Waals surface area contributed by atoms with E-state index < -0.39 is 5.97 Å². The summed E-state index contributed by atoms with van der Waals surface area (Å²) in [4.78, 5) is 13.1. The van der Waals surface area contributed by atoms with Crippen LogP contribution in [-0.4, -0.2) is 33.4 Å². The van der Waals surface area contributed by atoms with E-state index in [9.17, 15) is 4.79 Å². The normalized spacial score (nSPS) is 23.5. The predicted octanol–water partition coefficient (Wildman–Crippen LogP) is 2.45. The molecule has 0 radical (unpaired) electrons. The lowest BCUT2D eigenvalue weighted by atomic mass is 9.94. The van der Waals surface area contributed by atoms with Crippen molar-refractivity contribution in [3.63, 3.8) is 0 Å². The molecule has 1 aromatic rings. The van der Waals surface area contributed by atoms with Gasteiger partial charge >= 0.3 is 5.97 Å². The fraction of sp³-hybridized carbons (Fsp3) is 0.600. The highest BCUT2D eigenvalue weighted by atomic mass is 16.4. The average molecular weight is 277 g/mol. The van der Waals surface area contributed by atoms with Gasteiger partial charge in [-0.3, -0.25) is 4.68 Å². The summed E-state index contributed by atoms with van der Waals surface area (Å²) in [6.45, 7) is 7.39. The van der Waals surface area contributed by atoms with E-state index in [0.717, 1.165) is 30.0 Å². The number of rotatable bonds is 3. The molecule has 2 unspecified atom stereocenters. The largest absolute Gasteiger partial charge is 0.478 e. The fourth-order valence-corrected chi connectivity index (χ4v) is 2.94. The molecule has 0 bridgehead atoms. The van der Waals surface area contributed by atoms with Crippen molar-refractivity contribution in [1.29, 1.82) is 0 Å². The maximum atomic E-state index is 10.8. The first-order chi connectivity index (χ1) is 9.40. The number of hydrogen-bond acceptors (Lipinski definition) is 3. The number of aromatic nitrogens is 2. The van der Waals surface area contributed by atoms with E-state index in [4.69, 9.17) is 5.11 Å². The van der Waals surface area contributed by atoms with Crippen molar-refractivity contribution in [2.75, 3.05) is 11.4 Å². The third-order valence-corrected chi connectivity index (χ3v) is 4.02. The maximum Gasteiger partial charge on any atom is 0.328 e. The number of hydrogen-bond donors (Lipinski definition) is 1. The summed E-state index contributed by atoms with van der Waals surface area (Å²) in [5, 5.41) is 13.3. The number of carboxylic acid groups (broad SMARTS) is 1. The maximum absolute atomic E-state index is 10.8. The second-order valence-electron chi connectivity index (χ2n) is 5.80. The molecule has 0 aromatic carbocycles. The van der Waals surface area contributed by atoms with E-state index >= 15 is 0 Å². The van der Waals surface area contributed by atoms with Gasteiger partial charge in [0.15, 0.2) is 0 Å². The standard InChI is InChI=1S/C15H23N3O2/c1-10-5-6-11(2)18(9-10)15-13(7-8-14(19)20)12(3)16-17(15)4/h7-8,10-11H,5-6,9H2,1-4H3,(H,19,20). The number of aryl methyl sites for hydroxylation is 2. The number of anilines is 1. The summed E-state index contributed by atoms with van der Waals surface area (Å²) in [7, 11) is 1.92. The summed E-state index contributed by atoms with van der Waals surface area (Å²) in [6.07, 6.45) is 5.25. The predicted molar refractivity (Wildman–Crippen MR) is 79.8 cm³/mol. The van der Waals surface area contributed by atoms with Gasteiger partial charge in [0, 0.05) is 31.3 Å². The summed E-state index contributed by atoms with van der Waals surface area (Å²) >= 11 is 0. The zero-order valence-electron chi connectivity index (χ0n) is 12.6. The molecule has 0 amide bonds. The van der Waals surface area contributed by atoms with Crippen LogP contribution in [0.3, 0.4) is 0 Å². The highest BCUT2D eigenvalue weighted by Gasteiger charge is 2.27. The summed E-state index contributed by atoms with van der Waals surface area (Å²) in [5.74, 6) is 0.746. The van der Waals surface area contributed by atoms with Gasteiger partial charge in [-0.1, -0.05) is 6.92 Å². The van der Waals surface area contributed by atoms with E-state index in [0.29, 0.717) is 12.0 Å². The van der Waals surface area contributed by atoms with Crippen molar-refractivity contribution >= 4 is 17.9 Å². The van der Waals surface area contributed by atoms with Crippen LogP contribution in [0, 0.1) is 12.8 Å². The average Bonchev–Trinajstić information content (AvgIpc) is 2.64. The molecular formula is C15H23N3O2. The zero-order chi connectivity index (χ0) is 14.9. The molecule has 5 nitrogen and oxygen atoms in total. The lowest BCUT2D eigenvalue weighted by molar-refractivity contribution is -0.131. The van der Waals surface area contributed by atoms with Crippen molar-refractivity contribution in [3.8, 4) is 0 Å². The minimum absolute atomic E-state index is 0.456. The molecule has 0 spiro atoms. The van der Waals surface area contributed by atoms with Crippen molar-refractivity contribution in [2.24, 2.45) is 13.0 Å². The van der Waals surface area contributed by atoms with Gasteiger partial charge in [-0.05, 0) is 38.7 Å². The highest BCUT2D eigenvalue weighted by Crippen LogP contribution is 2.31. The Hall–Kier alpha value is -1.78. The van der Waals surface area contributed by atoms with Crippen LogP contribution in [0.2, 0.25) is 0 Å². The van der Waals surface area contributed by atoms with Crippen LogP contribution in [0.5, 0.6) is 0 Å². The molecule has 2 heterocycles. The molecule has 0 aliphatic carbocycles. The van der Waals surface area contributed by atoms with E-state index in [2.05, 4.69) is 23.8 Å². The van der Waals surface area contributed by atoms with Gasteiger partial charge in [0.1, 0.15) is 5.82 Å². The first kappa shape index (κ1) is 14.6. The lowest BCUT2D eigenvalue weighted by Crippen LogP contribution is -2.42. The smallest absolute Gasteiger partial charge is 0.328 e. The Kier molecular flexibility index (Phi) is 4.16. The fourth-order valence-electron chi connectivity index (χ4n) is 2.94. The van der Waals surface area contributed by atoms with Crippen LogP contribution in [0.25, 0.3) is 6.08 Å². The molecule has 1 aliphatic heterocycles. The lowest BCUT2D eigenvalue weighted by Gasteiger charge is -2.38.